The van der Waals surface area contributed by atoms with Crippen molar-refractivity contribution in [1.29, 1.82) is 0 Å². The number of nitrogens with one attached hydrogen (secondary N) is 1. The fraction of sp³-hybridized carbons (Fsp3) is 1.00. The van der Waals surface area contributed by atoms with Gasteiger partial charge in [0.1, 0.15) is 0 Å². The zero-order chi connectivity index (χ0) is 15.3. The lowest BCUT2D eigenvalue weighted by atomic mass is 10.1. The van der Waals surface area contributed by atoms with Crippen LogP contribution in [0.15, 0.2) is 0 Å². The van der Waals surface area contributed by atoms with Crippen LogP contribution in [0.3, 0.4) is 0 Å². The largest absolute Gasteiger partial charge is 0.423 e. The van der Waals surface area contributed by atoms with Gasteiger partial charge in [0, 0.05) is 6.54 Å². The fourth-order valence-electron chi connectivity index (χ4n) is 1.22. The lowest BCUT2D eigenvalue weighted by Crippen LogP contribution is -2.49. The van der Waals surface area contributed by atoms with E-state index in [1.807, 2.05) is 6.92 Å². The van der Waals surface area contributed by atoms with Crippen molar-refractivity contribution in [2.45, 2.75) is 44.3 Å². The minimum absolute atomic E-state index is 0.163. The number of aliphatic hydroxyl groups is 1. The van der Waals surface area contributed by atoms with Crippen molar-refractivity contribution in [3.05, 3.63) is 0 Å². The normalized spacial score (nSPS) is 16.7. The zero-order valence-electron chi connectivity index (χ0n) is 10.5. The molecule has 0 fully saturated rings. The van der Waals surface area contributed by atoms with Gasteiger partial charge in [-0.3, -0.25) is 0 Å². The predicted octanol–water partition coefficient (Wildman–Crippen LogP) is 2.25. The summed E-state index contributed by atoms with van der Waals surface area (Å²) in [5, 5.41) is 12.3. The second-order valence-corrected chi connectivity index (χ2v) is 4.45. The van der Waals surface area contributed by atoms with Gasteiger partial charge < -0.3 is 15.2 Å². The summed E-state index contributed by atoms with van der Waals surface area (Å²) in [7, 11) is 0. The molecule has 0 saturated carbocycles. The molecule has 0 rings (SSSR count). The van der Waals surface area contributed by atoms with E-state index < -0.39 is 30.7 Å². The van der Waals surface area contributed by atoms with E-state index in [-0.39, 0.29) is 6.54 Å². The molecule has 9 heteroatoms. The molecule has 0 aliphatic rings. The summed E-state index contributed by atoms with van der Waals surface area (Å²) in [5.41, 5.74) is -1.82. The van der Waals surface area contributed by atoms with Gasteiger partial charge in [-0.1, -0.05) is 6.92 Å². The monoisotopic (exact) mass is 297 g/mol. The third-order valence-electron chi connectivity index (χ3n) is 2.09. The second-order valence-electron chi connectivity index (χ2n) is 4.45. The summed E-state index contributed by atoms with van der Waals surface area (Å²) >= 11 is 0. The summed E-state index contributed by atoms with van der Waals surface area (Å²) in [6.45, 7) is 2.16. The Morgan fingerprint density at radius 2 is 1.58 bits per heavy atom. The summed E-state index contributed by atoms with van der Waals surface area (Å²) < 4.78 is 76.8. The van der Waals surface area contributed by atoms with E-state index in [2.05, 4.69) is 10.1 Å². The van der Waals surface area contributed by atoms with Crippen LogP contribution in [0.1, 0.15) is 20.3 Å². The Hall–Kier alpha value is -0.540. The third kappa shape index (κ3) is 7.58. The Morgan fingerprint density at radius 1 is 1.11 bits per heavy atom. The van der Waals surface area contributed by atoms with Crippen molar-refractivity contribution < 1.29 is 36.2 Å². The molecular formula is C10H17F6NO2. The number of ether oxygens (including phenoxy) is 1. The number of halogens is 6. The molecule has 116 valence electrons. The highest BCUT2D eigenvalue weighted by Gasteiger charge is 2.58. The van der Waals surface area contributed by atoms with Gasteiger partial charge in [-0.2, -0.15) is 26.3 Å². The van der Waals surface area contributed by atoms with E-state index >= 15 is 0 Å². The van der Waals surface area contributed by atoms with Crippen LogP contribution in [-0.2, 0) is 4.74 Å². The van der Waals surface area contributed by atoms with Crippen LogP contribution in [-0.4, -0.2) is 48.9 Å². The first-order valence-electron chi connectivity index (χ1n) is 5.58. The van der Waals surface area contributed by atoms with Crippen molar-refractivity contribution in [1.82, 2.24) is 5.32 Å². The van der Waals surface area contributed by atoms with Gasteiger partial charge in [0.2, 0.25) is 6.10 Å². The third-order valence-corrected chi connectivity index (χ3v) is 2.09. The molecule has 0 bridgehead atoms. The average molecular weight is 297 g/mol. The number of hydrogen-bond acceptors (Lipinski definition) is 3. The lowest BCUT2D eigenvalue weighted by molar-refractivity contribution is -0.327. The molecule has 0 aromatic heterocycles. The SMILES string of the molecule is CCCNCC(C)(O)COC(C(F)(F)F)C(F)(F)F. The maximum atomic E-state index is 12.2. The van der Waals surface area contributed by atoms with Crippen molar-refractivity contribution in [2.75, 3.05) is 19.7 Å². The second kappa shape index (κ2) is 6.76. The van der Waals surface area contributed by atoms with Crippen LogP contribution in [0.25, 0.3) is 0 Å². The molecule has 0 heterocycles. The predicted molar refractivity (Wildman–Crippen MR) is 55.6 cm³/mol. The van der Waals surface area contributed by atoms with Crippen LogP contribution >= 0.6 is 0 Å². The first-order valence-corrected chi connectivity index (χ1v) is 5.58. The van der Waals surface area contributed by atoms with Crippen LogP contribution in [0.4, 0.5) is 26.3 Å². The standard InChI is InChI=1S/C10H17F6NO2/c1-3-4-17-5-8(2,18)6-19-7(9(11,12)13)10(14,15)16/h7,17-18H,3-6H2,1-2H3. The number of rotatable bonds is 7. The van der Waals surface area contributed by atoms with Gasteiger partial charge in [-0.25, -0.2) is 0 Å². The molecule has 0 amide bonds. The van der Waals surface area contributed by atoms with E-state index in [9.17, 15) is 31.4 Å². The summed E-state index contributed by atoms with van der Waals surface area (Å²) in [6, 6.07) is 0. The van der Waals surface area contributed by atoms with Crippen molar-refractivity contribution in [3.63, 3.8) is 0 Å². The minimum Gasteiger partial charge on any atom is -0.386 e. The van der Waals surface area contributed by atoms with Gasteiger partial charge in [0.25, 0.3) is 0 Å². The Balaban J connectivity index is 4.47. The van der Waals surface area contributed by atoms with E-state index in [0.29, 0.717) is 13.0 Å². The topological polar surface area (TPSA) is 41.5 Å². The van der Waals surface area contributed by atoms with Gasteiger partial charge >= 0.3 is 12.4 Å². The van der Waals surface area contributed by atoms with E-state index in [0.717, 1.165) is 6.92 Å². The van der Waals surface area contributed by atoms with E-state index in [4.69, 9.17) is 0 Å². The molecule has 0 aliphatic carbocycles. The summed E-state index contributed by atoms with van der Waals surface area (Å²) in [5.74, 6) is 0. The van der Waals surface area contributed by atoms with Gasteiger partial charge in [-0.05, 0) is 19.9 Å². The van der Waals surface area contributed by atoms with Gasteiger partial charge in [-0.15, -0.1) is 0 Å². The van der Waals surface area contributed by atoms with Crippen LogP contribution in [0, 0.1) is 0 Å². The molecule has 2 N–H and O–H groups in total. The molecule has 0 aliphatic heterocycles. The maximum Gasteiger partial charge on any atom is 0.423 e. The molecule has 0 aromatic carbocycles. The molecule has 0 radical (unpaired) electrons. The number of alkyl halides is 6. The van der Waals surface area contributed by atoms with Gasteiger partial charge in [0.15, 0.2) is 0 Å². The van der Waals surface area contributed by atoms with Crippen molar-refractivity contribution in [3.8, 4) is 0 Å². The number of hydrogen-bond donors (Lipinski definition) is 2. The van der Waals surface area contributed by atoms with Crippen LogP contribution in [0.2, 0.25) is 0 Å². The Bertz CT molecular complexity index is 250. The van der Waals surface area contributed by atoms with Gasteiger partial charge in [0.05, 0.1) is 12.2 Å². The fourth-order valence-corrected chi connectivity index (χ4v) is 1.22. The molecule has 0 saturated heterocycles. The zero-order valence-corrected chi connectivity index (χ0v) is 10.5. The highest BCUT2D eigenvalue weighted by molar-refractivity contribution is 4.80. The molecule has 3 nitrogen and oxygen atoms in total. The lowest BCUT2D eigenvalue weighted by Gasteiger charge is -2.28. The Labute approximate surface area is 106 Å². The van der Waals surface area contributed by atoms with E-state index in [1.165, 1.54) is 0 Å². The van der Waals surface area contributed by atoms with Crippen LogP contribution < -0.4 is 5.32 Å². The Morgan fingerprint density at radius 3 is 1.95 bits per heavy atom. The molecule has 1 unspecified atom stereocenters. The minimum atomic E-state index is -5.56. The first kappa shape index (κ1) is 18.5. The molecular weight excluding hydrogens is 280 g/mol. The first-order chi connectivity index (χ1) is 8.40. The summed E-state index contributed by atoms with van der Waals surface area (Å²) in [4.78, 5) is 0. The molecule has 0 aromatic rings. The maximum absolute atomic E-state index is 12.2. The van der Waals surface area contributed by atoms with Crippen molar-refractivity contribution in [2.24, 2.45) is 0 Å². The van der Waals surface area contributed by atoms with Crippen LogP contribution in [0.5, 0.6) is 0 Å². The average Bonchev–Trinajstić information content (AvgIpc) is 2.13. The molecule has 0 spiro atoms. The molecule has 1 atom stereocenters. The summed E-state index contributed by atoms with van der Waals surface area (Å²) in [6.07, 6.45) is -14.3. The quantitative estimate of drug-likeness (QED) is 0.559. The van der Waals surface area contributed by atoms with E-state index in [1.54, 1.807) is 0 Å². The van der Waals surface area contributed by atoms with Crippen molar-refractivity contribution >= 4 is 0 Å². The smallest absolute Gasteiger partial charge is 0.386 e. The highest BCUT2D eigenvalue weighted by atomic mass is 19.4. The molecule has 19 heavy (non-hydrogen) atoms. The Kier molecular flexibility index (Phi) is 6.56. The highest BCUT2D eigenvalue weighted by Crippen LogP contribution is 2.36.